The Bertz CT molecular complexity index is 732. The molecule has 116 valence electrons. The van der Waals surface area contributed by atoms with Gasteiger partial charge in [-0.15, -0.1) is 0 Å². The average molecular weight is 319 g/mol. The first-order chi connectivity index (χ1) is 10.6. The molecule has 3 aliphatic rings. The Morgan fingerprint density at radius 3 is 2.82 bits per heavy atom. The fraction of sp³-hybridized carbons (Fsp3) is 0.471. The molecule has 3 fully saturated rings. The minimum Gasteiger partial charge on any atom is -0.451 e. The molecule has 2 bridgehead atoms. The second kappa shape index (κ2) is 5.28. The Labute approximate surface area is 134 Å². The van der Waals surface area contributed by atoms with Gasteiger partial charge in [0.1, 0.15) is 5.58 Å². The number of nitrogens with one attached hydrogen (secondary N) is 1. The van der Waals surface area contributed by atoms with Gasteiger partial charge in [0.25, 0.3) is 5.91 Å². The number of benzene rings is 1. The summed E-state index contributed by atoms with van der Waals surface area (Å²) in [5.41, 5.74) is 1.57. The SMILES string of the molecule is Cc1c(C(=O)NC2CN3CCC2CC3)oc2ccc(Cl)cc12. The number of amides is 1. The summed E-state index contributed by atoms with van der Waals surface area (Å²) in [5.74, 6) is 0.908. The van der Waals surface area contributed by atoms with E-state index in [0.29, 0.717) is 22.3 Å². The average Bonchev–Trinajstić information content (AvgIpc) is 2.85. The molecule has 1 atom stereocenters. The van der Waals surface area contributed by atoms with Crippen LogP contribution >= 0.6 is 11.6 Å². The third-order valence-electron chi connectivity index (χ3n) is 5.08. The van der Waals surface area contributed by atoms with E-state index in [0.717, 1.165) is 17.5 Å². The topological polar surface area (TPSA) is 45.5 Å². The van der Waals surface area contributed by atoms with Crippen molar-refractivity contribution in [2.75, 3.05) is 19.6 Å². The van der Waals surface area contributed by atoms with Crippen molar-refractivity contribution in [3.8, 4) is 0 Å². The molecule has 1 aromatic heterocycles. The summed E-state index contributed by atoms with van der Waals surface area (Å²) in [7, 11) is 0. The smallest absolute Gasteiger partial charge is 0.287 e. The van der Waals surface area contributed by atoms with Gasteiger partial charge in [-0.2, -0.15) is 0 Å². The molecule has 3 saturated heterocycles. The number of carbonyl (C=O) groups excluding carboxylic acids is 1. The number of nitrogens with zero attached hydrogens (tertiary/aromatic N) is 1. The maximum absolute atomic E-state index is 12.6. The fourth-order valence-electron chi connectivity index (χ4n) is 3.77. The largest absolute Gasteiger partial charge is 0.451 e. The van der Waals surface area contributed by atoms with Crippen molar-refractivity contribution in [2.24, 2.45) is 5.92 Å². The first-order valence-corrected chi connectivity index (χ1v) is 8.21. The molecule has 3 aliphatic heterocycles. The molecule has 1 N–H and O–H groups in total. The van der Waals surface area contributed by atoms with Crippen molar-refractivity contribution < 1.29 is 9.21 Å². The van der Waals surface area contributed by atoms with E-state index < -0.39 is 0 Å². The van der Waals surface area contributed by atoms with Gasteiger partial charge in [0.2, 0.25) is 0 Å². The van der Waals surface area contributed by atoms with E-state index in [-0.39, 0.29) is 11.9 Å². The van der Waals surface area contributed by atoms with Gasteiger partial charge in [0.15, 0.2) is 5.76 Å². The Hall–Kier alpha value is -1.52. The van der Waals surface area contributed by atoms with Crippen LogP contribution in [0.5, 0.6) is 0 Å². The number of aryl methyl sites for hydroxylation is 1. The fourth-order valence-corrected chi connectivity index (χ4v) is 3.94. The van der Waals surface area contributed by atoms with Crippen molar-refractivity contribution in [3.63, 3.8) is 0 Å². The van der Waals surface area contributed by atoms with Crippen molar-refractivity contribution >= 4 is 28.5 Å². The number of hydrogen-bond donors (Lipinski definition) is 1. The van der Waals surface area contributed by atoms with Crippen molar-refractivity contribution in [3.05, 3.63) is 34.5 Å². The molecule has 0 radical (unpaired) electrons. The van der Waals surface area contributed by atoms with E-state index in [1.165, 1.54) is 25.9 Å². The second-order valence-corrected chi connectivity index (χ2v) is 6.85. The molecule has 0 spiro atoms. The van der Waals surface area contributed by atoms with E-state index in [2.05, 4.69) is 10.2 Å². The van der Waals surface area contributed by atoms with Gasteiger partial charge in [0, 0.05) is 28.6 Å². The van der Waals surface area contributed by atoms with Crippen LogP contribution in [-0.4, -0.2) is 36.5 Å². The van der Waals surface area contributed by atoms with Crippen LogP contribution in [0.3, 0.4) is 0 Å². The van der Waals surface area contributed by atoms with Crippen LogP contribution in [-0.2, 0) is 0 Å². The molecule has 0 saturated carbocycles. The molecule has 5 rings (SSSR count). The van der Waals surface area contributed by atoms with E-state index in [1.807, 2.05) is 19.1 Å². The molecule has 22 heavy (non-hydrogen) atoms. The summed E-state index contributed by atoms with van der Waals surface area (Å²) >= 11 is 6.03. The summed E-state index contributed by atoms with van der Waals surface area (Å²) in [5, 5.41) is 4.74. The van der Waals surface area contributed by atoms with Crippen LogP contribution in [0.4, 0.5) is 0 Å². The summed E-state index contributed by atoms with van der Waals surface area (Å²) in [6, 6.07) is 5.68. The summed E-state index contributed by atoms with van der Waals surface area (Å²) < 4.78 is 5.75. The van der Waals surface area contributed by atoms with Crippen LogP contribution in [0.1, 0.15) is 29.0 Å². The van der Waals surface area contributed by atoms with E-state index >= 15 is 0 Å². The standard InChI is InChI=1S/C17H19ClN2O2/c1-10-13-8-12(18)2-3-15(13)22-16(10)17(21)19-14-9-20-6-4-11(14)5-7-20/h2-3,8,11,14H,4-7,9H2,1H3,(H,19,21). The van der Waals surface area contributed by atoms with Gasteiger partial charge in [-0.1, -0.05) is 11.6 Å². The minimum absolute atomic E-state index is 0.108. The van der Waals surface area contributed by atoms with Gasteiger partial charge in [-0.3, -0.25) is 4.79 Å². The predicted molar refractivity (Wildman–Crippen MR) is 86.4 cm³/mol. The number of carbonyl (C=O) groups is 1. The molecule has 1 aromatic carbocycles. The summed E-state index contributed by atoms with van der Waals surface area (Å²) in [4.78, 5) is 15.0. The zero-order chi connectivity index (χ0) is 15.3. The van der Waals surface area contributed by atoms with Crippen LogP contribution in [0.25, 0.3) is 11.0 Å². The molecular formula is C17H19ClN2O2. The van der Waals surface area contributed by atoms with Crippen molar-refractivity contribution in [1.29, 1.82) is 0 Å². The van der Waals surface area contributed by atoms with Gasteiger partial charge in [-0.05, 0) is 57.0 Å². The highest BCUT2D eigenvalue weighted by atomic mass is 35.5. The number of fused-ring (bicyclic) bond motifs is 4. The molecule has 0 aliphatic carbocycles. The highest BCUT2D eigenvalue weighted by Crippen LogP contribution is 2.30. The molecule has 2 aromatic rings. The summed E-state index contributed by atoms with van der Waals surface area (Å²) in [6.07, 6.45) is 2.36. The monoisotopic (exact) mass is 318 g/mol. The van der Waals surface area contributed by atoms with Crippen LogP contribution in [0, 0.1) is 12.8 Å². The molecule has 4 heterocycles. The maximum atomic E-state index is 12.6. The second-order valence-electron chi connectivity index (χ2n) is 6.41. The number of furan rings is 1. The van der Waals surface area contributed by atoms with E-state index in [9.17, 15) is 4.79 Å². The lowest BCUT2D eigenvalue weighted by Gasteiger charge is -2.44. The molecular weight excluding hydrogens is 300 g/mol. The minimum atomic E-state index is -0.108. The number of piperidine rings is 3. The van der Waals surface area contributed by atoms with Crippen LogP contribution in [0.15, 0.2) is 22.6 Å². The highest BCUT2D eigenvalue weighted by molar-refractivity contribution is 6.31. The Morgan fingerprint density at radius 2 is 2.14 bits per heavy atom. The normalized spacial score (nSPS) is 27.3. The van der Waals surface area contributed by atoms with Gasteiger partial charge >= 0.3 is 0 Å². The van der Waals surface area contributed by atoms with E-state index in [1.54, 1.807) is 6.07 Å². The van der Waals surface area contributed by atoms with Gasteiger partial charge < -0.3 is 14.6 Å². The number of rotatable bonds is 2. The number of halogens is 1. The molecule has 1 unspecified atom stereocenters. The lowest BCUT2D eigenvalue weighted by molar-refractivity contribution is 0.0606. The van der Waals surface area contributed by atoms with E-state index in [4.69, 9.17) is 16.0 Å². The molecule has 1 amide bonds. The van der Waals surface area contributed by atoms with Gasteiger partial charge in [0.05, 0.1) is 0 Å². The molecule has 4 nitrogen and oxygen atoms in total. The Kier molecular flexibility index (Phi) is 3.39. The Balaban J connectivity index is 1.59. The summed E-state index contributed by atoms with van der Waals surface area (Å²) in [6.45, 7) is 5.20. The zero-order valence-corrected chi connectivity index (χ0v) is 13.3. The number of hydrogen-bond acceptors (Lipinski definition) is 3. The quantitative estimate of drug-likeness (QED) is 0.924. The zero-order valence-electron chi connectivity index (χ0n) is 12.6. The van der Waals surface area contributed by atoms with Gasteiger partial charge in [-0.25, -0.2) is 0 Å². The highest BCUT2D eigenvalue weighted by Gasteiger charge is 2.35. The van der Waals surface area contributed by atoms with Crippen molar-refractivity contribution in [1.82, 2.24) is 10.2 Å². The van der Waals surface area contributed by atoms with Crippen LogP contribution < -0.4 is 5.32 Å². The third-order valence-corrected chi connectivity index (χ3v) is 5.31. The first kappa shape index (κ1) is 14.1. The first-order valence-electron chi connectivity index (χ1n) is 7.83. The molecule has 5 heteroatoms. The van der Waals surface area contributed by atoms with Crippen molar-refractivity contribution in [2.45, 2.75) is 25.8 Å². The predicted octanol–water partition coefficient (Wildman–Crippen LogP) is 3.22. The third kappa shape index (κ3) is 2.31. The Morgan fingerprint density at radius 1 is 1.36 bits per heavy atom. The van der Waals surface area contributed by atoms with Crippen LogP contribution in [0.2, 0.25) is 5.02 Å². The lowest BCUT2D eigenvalue weighted by atomic mass is 9.84. The maximum Gasteiger partial charge on any atom is 0.287 e. The lowest BCUT2D eigenvalue weighted by Crippen LogP contribution is -2.57.